The summed E-state index contributed by atoms with van der Waals surface area (Å²) >= 11 is 0. The van der Waals surface area contributed by atoms with Gasteiger partial charge in [0, 0.05) is 29.7 Å². The topological polar surface area (TPSA) is 70.5 Å². The third-order valence-corrected chi connectivity index (χ3v) is 4.03. The Balaban J connectivity index is 2.07. The molecule has 3 rings (SSSR count). The summed E-state index contributed by atoms with van der Waals surface area (Å²) in [6, 6.07) is 10.4. The van der Waals surface area contributed by atoms with Crippen molar-refractivity contribution in [3.05, 3.63) is 59.9 Å². The summed E-state index contributed by atoms with van der Waals surface area (Å²) in [7, 11) is 0. The zero-order chi connectivity index (χ0) is 15.7. The Morgan fingerprint density at radius 3 is 2.55 bits per heavy atom. The molecule has 0 unspecified atom stereocenters. The number of anilines is 1. The van der Waals surface area contributed by atoms with Crippen LogP contribution in [0.1, 0.15) is 35.2 Å². The summed E-state index contributed by atoms with van der Waals surface area (Å²) in [6.45, 7) is 1.88. The first-order valence-electron chi connectivity index (χ1n) is 7.15. The number of amides is 1. The maximum absolute atomic E-state index is 12.8. The first-order chi connectivity index (χ1) is 10.6. The van der Waals surface area contributed by atoms with Crippen molar-refractivity contribution >= 4 is 17.6 Å². The van der Waals surface area contributed by atoms with E-state index in [4.69, 9.17) is 0 Å². The van der Waals surface area contributed by atoms with Crippen molar-refractivity contribution in [1.29, 1.82) is 0 Å². The van der Waals surface area contributed by atoms with Gasteiger partial charge in [-0.2, -0.15) is 0 Å². The van der Waals surface area contributed by atoms with Gasteiger partial charge < -0.3 is 10.0 Å². The third-order valence-electron chi connectivity index (χ3n) is 4.03. The number of carboxylic acids is 1. The molecule has 1 N–H and O–H groups in total. The Hall–Kier alpha value is -2.69. The Labute approximate surface area is 128 Å². The van der Waals surface area contributed by atoms with Crippen LogP contribution in [0.5, 0.6) is 0 Å². The molecule has 22 heavy (non-hydrogen) atoms. The standard InChI is InChI=1S/C17H16N2O3/c1-11-10-14(17(21)22)13-4-2-3-5-15(13)19(11)16(20)12-6-8-18-9-7-12/h2-9,11,14H,10H2,1H3,(H,21,22)/t11-,14-/m0/s1. The van der Waals surface area contributed by atoms with E-state index in [2.05, 4.69) is 4.98 Å². The second kappa shape index (κ2) is 5.60. The van der Waals surface area contributed by atoms with Gasteiger partial charge in [0.2, 0.25) is 0 Å². The van der Waals surface area contributed by atoms with E-state index in [-0.39, 0.29) is 11.9 Å². The summed E-state index contributed by atoms with van der Waals surface area (Å²) in [4.78, 5) is 29.9. The summed E-state index contributed by atoms with van der Waals surface area (Å²) < 4.78 is 0. The second-order valence-electron chi connectivity index (χ2n) is 5.45. The molecule has 0 aliphatic carbocycles. The van der Waals surface area contributed by atoms with Crippen LogP contribution in [-0.4, -0.2) is 28.0 Å². The van der Waals surface area contributed by atoms with Crippen molar-refractivity contribution in [2.45, 2.75) is 25.3 Å². The third kappa shape index (κ3) is 2.35. The Bertz CT molecular complexity index is 715. The van der Waals surface area contributed by atoms with Gasteiger partial charge in [-0.3, -0.25) is 14.6 Å². The zero-order valence-corrected chi connectivity index (χ0v) is 12.1. The van der Waals surface area contributed by atoms with E-state index in [9.17, 15) is 14.7 Å². The molecule has 1 aliphatic heterocycles. The number of hydrogen-bond acceptors (Lipinski definition) is 3. The lowest BCUT2D eigenvalue weighted by atomic mass is 9.86. The van der Waals surface area contributed by atoms with Crippen LogP contribution in [0.2, 0.25) is 0 Å². The molecule has 0 saturated heterocycles. The number of rotatable bonds is 2. The quantitative estimate of drug-likeness (QED) is 0.925. The zero-order valence-electron chi connectivity index (χ0n) is 12.1. The predicted molar refractivity (Wildman–Crippen MR) is 81.9 cm³/mol. The fourth-order valence-corrected chi connectivity index (χ4v) is 2.99. The number of para-hydroxylation sites is 1. The maximum Gasteiger partial charge on any atom is 0.311 e. The molecule has 2 aromatic rings. The van der Waals surface area contributed by atoms with Gasteiger partial charge in [0.1, 0.15) is 0 Å². The van der Waals surface area contributed by atoms with E-state index >= 15 is 0 Å². The van der Waals surface area contributed by atoms with E-state index in [0.29, 0.717) is 23.2 Å². The van der Waals surface area contributed by atoms with Gasteiger partial charge in [0.25, 0.3) is 5.91 Å². The highest BCUT2D eigenvalue weighted by Crippen LogP contribution is 2.39. The first kappa shape index (κ1) is 14.3. The van der Waals surface area contributed by atoms with Crippen LogP contribution in [-0.2, 0) is 4.79 Å². The highest BCUT2D eigenvalue weighted by Gasteiger charge is 2.37. The SMILES string of the molecule is C[C@H]1C[C@H](C(=O)O)c2ccccc2N1C(=O)c1ccncc1. The molecular weight excluding hydrogens is 280 g/mol. The molecule has 1 amide bonds. The Morgan fingerprint density at radius 1 is 1.18 bits per heavy atom. The van der Waals surface area contributed by atoms with Gasteiger partial charge in [-0.1, -0.05) is 18.2 Å². The molecule has 0 spiro atoms. The molecule has 5 heteroatoms. The molecule has 1 aliphatic rings. The Morgan fingerprint density at radius 2 is 1.86 bits per heavy atom. The van der Waals surface area contributed by atoms with E-state index in [0.717, 1.165) is 0 Å². The minimum atomic E-state index is -0.852. The predicted octanol–water partition coefficient (Wildman–Crippen LogP) is 2.69. The van der Waals surface area contributed by atoms with Crippen LogP contribution >= 0.6 is 0 Å². The molecule has 1 aromatic carbocycles. The number of aromatic nitrogens is 1. The van der Waals surface area contributed by atoms with E-state index in [1.165, 1.54) is 0 Å². The normalized spacial score (nSPS) is 20.3. The van der Waals surface area contributed by atoms with E-state index in [1.807, 2.05) is 13.0 Å². The number of benzene rings is 1. The fraction of sp³-hybridized carbons (Fsp3) is 0.235. The molecule has 0 radical (unpaired) electrons. The molecule has 0 fully saturated rings. The molecular formula is C17H16N2O3. The van der Waals surface area contributed by atoms with Crippen LogP contribution in [0.3, 0.4) is 0 Å². The van der Waals surface area contributed by atoms with Crippen molar-refractivity contribution in [1.82, 2.24) is 4.98 Å². The number of pyridine rings is 1. The van der Waals surface area contributed by atoms with Crippen molar-refractivity contribution in [3.8, 4) is 0 Å². The number of hydrogen-bond donors (Lipinski definition) is 1. The lowest BCUT2D eigenvalue weighted by molar-refractivity contribution is -0.139. The number of carbonyl (C=O) groups is 2. The average molecular weight is 296 g/mol. The van der Waals surface area contributed by atoms with Gasteiger partial charge in [-0.05, 0) is 37.1 Å². The second-order valence-corrected chi connectivity index (χ2v) is 5.45. The monoisotopic (exact) mass is 296 g/mol. The van der Waals surface area contributed by atoms with Crippen molar-refractivity contribution in [3.63, 3.8) is 0 Å². The molecule has 112 valence electrons. The van der Waals surface area contributed by atoms with Crippen LogP contribution in [0, 0.1) is 0 Å². The van der Waals surface area contributed by atoms with Crippen molar-refractivity contribution < 1.29 is 14.7 Å². The molecule has 2 atom stereocenters. The van der Waals surface area contributed by atoms with E-state index in [1.54, 1.807) is 47.6 Å². The minimum absolute atomic E-state index is 0.133. The van der Waals surface area contributed by atoms with Gasteiger partial charge >= 0.3 is 5.97 Å². The number of carboxylic acid groups (broad SMARTS) is 1. The number of nitrogens with zero attached hydrogens (tertiary/aromatic N) is 2. The first-order valence-corrected chi connectivity index (χ1v) is 7.15. The smallest absolute Gasteiger partial charge is 0.311 e. The number of fused-ring (bicyclic) bond motifs is 1. The van der Waals surface area contributed by atoms with Crippen LogP contribution in [0.25, 0.3) is 0 Å². The average Bonchev–Trinajstić information content (AvgIpc) is 2.54. The molecule has 1 aromatic heterocycles. The Kier molecular flexibility index (Phi) is 3.63. The summed E-state index contributed by atoms with van der Waals surface area (Å²) in [6.07, 6.45) is 3.56. The van der Waals surface area contributed by atoms with Crippen molar-refractivity contribution in [2.75, 3.05) is 4.90 Å². The highest BCUT2D eigenvalue weighted by atomic mass is 16.4. The van der Waals surface area contributed by atoms with Crippen LogP contribution in [0.4, 0.5) is 5.69 Å². The molecule has 2 heterocycles. The van der Waals surface area contributed by atoms with Gasteiger partial charge in [-0.25, -0.2) is 0 Å². The summed E-state index contributed by atoms with van der Waals surface area (Å²) in [5.74, 6) is -1.56. The lowest BCUT2D eigenvalue weighted by Gasteiger charge is -2.38. The molecule has 0 saturated carbocycles. The fourth-order valence-electron chi connectivity index (χ4n) is 2.99. The minimum Gasteiger partial charge on any atom is -0.481 e. The van der Waals surface area contributed by atoms with Crippen LogP contribution < -0.4 is 4.90 Å². The van der Waals surface area contributed by atoms with Gasteiger partial charge in [0.05, 0.1) is 5.92 Å². The number of carbonyl (C=O) groups excluding carboxylic acids is 1. The van der Waals surface area contributed by atoms with Crippen molar-refractivity contribution in [2.24, 2.45) is 0 Å². The van der Waals surface area contributed by atoms with Gasteiger partial charge in [-0.15, -0.1) is 0 Å². The molecule has 5 nitrogen and oxygen atoms in total. The highest BCUT2D eigenvalue weighted by molar-refractivity contribution is 6.07. The van der Waals surface area contributed by atoms with Gasteiger partial charge in [0.15, 0.2) is 0 Å². The largest absolute Gasteiger partial charge is 0.481 e. The number of aliphatic carboxylic acids is 1. The van der Waals surface area contributed by atoms with E-state index < -0.39 is 11.9 Å². The lowest BCUT2D eigenvalue weighted by Crippen LogP contribution is -2.44. The maximum atomic E-state index is 12.8. The molecule has 0 bridgehead atoms. The summed E-state index contributed by atoms with van der Waals surface area (Å²) in [5.41, 5.74) is 1.91. The van der Waals surface area contributed by atoms with Crippen LogP contribution in [0.15, 0.2) is 48.8 Å². The summed E-state index contributed by atoms with van der Waals surface area (Å²) in [5, 5.41) is 9.43.